The van der Waals surface area contributed by atoms with Crippen molar-refractivity contribution in [3.63, 3.8) is 0 Å². The van der Waals surface area contributed by atoms with E-state index >= 15 is 0 Å². The summed E-state index contributed by atoms with van der Waals surface area (Å²) in [6.45, 7) is 0. The molecule has 0 bridgehead atoms. The fourth-order valence-electron chi connectivity index (χ4n) is 1.80. The van der Waals surface area contributed by atoms with Gasteiger partial charge >= 0.3 is 5.97 Å². The van der Waals surface area contributed by atoms with Gasteiger partial charge in [-0.1, -0.05) is 36.4 Å². The van der Waals surface area contributed by atoms with Gasteiger partial charge in [0.1, 0.15) is 0 Å². The van der Waals surface area contributed by atoms with E-state index < -0.39 is 15.8 Å². The number of aliphatic carboxylic acids is 1. The predicted octanol–water partition coefficient (Wildman–Crippen LogP) is 2.09. The number of carboxylic acid groups (broad SMARTS) is 1. The summed E-state index contributed by atoms with van der Waals surface area (Å²) >= 11 is 0. The summed E-state index contributed by atoms with van der Waals surface area (Å²) in [7, 11) is -3.56. The second-order valence-corrected chi connectivity index (χ2v) is 6.02. The van der Waals surface area contributed by atoms with Crippen molar-refractivity contribution in [2.24, 2.45) is 0 Å². The Hall–Kier alpha value is -1.88. The lowest BCUT2D eigenvalue weighted by Crippen LogP contribution is -2.11. The maximum Gasteiger partial charge on any atom is 0.304 e. The van der Waals surface area contributed by atoms with Crippen LogP contribution in [-0.4, -0.2) is 25.2 Å². The number of hydrogen-bond acceptors (Lipinski definition) is 3. The molecule has 0 aliphatic rings. The van der Waals surface area contributed by atoms with Gasteiger partial charge in [0.2, 0.25) is 0 Å². The molecule has 0 aromatic heterocycles. The molecule has 0 unspecified atom stereocenters. The molecule has 5 heteroatoms. The molecule has 0 radical (unpaired) electrons. The molecule has 0 heterocycles. The zero-order valence-corrected chi connectivity index (χ0v) is 10.4. The van der Waals surface area contributed by atoms with Crippen LogP contribution in [0.2, 0.25) is 0 Å². The summed E-state index contributed by atoms with van der Waals surface area (Å²) < 4.78 is 24.2. The summed E-state index contributed by atoms with van der Waals surface area (Å²) in [6, 6.07) is 12.1. The van der Waals surface area contributed by atoms with Gasteiger partial charge in [0.05, 0.1) is 17.1 Å². The fraction of sp³-hybridized carbons (Fsp3) is 0.154. The second kappa shape index (κ2) is 4.78. The van der Waals surface area contributed by atoms with Crippen LogP contribution in [0.25, 0.3) is 10.8 Å². The molecule has 1 N–H and O–H groups in total. The second-order valence-electron chi connectivity index (χ2n) is 3.94. The van der Waals surface area contributed by atoms with E-state index in [4.69, 9.17) is 5.11 Å². The van der Waals surface area contributed by atoms with E-state index in [-0.39, 0.29) is 17.1 Å². The third-order valence-corrected chi connectivity index (χ3v) is 4.44. The van der Waals surface area contributed by atoms with Crippen LogP contribution >= 0.6 is 0 Å². The number of carbonyl (C=O) groups is 1. The van der Waals surface area contributed by atoms with Gasteiger partial charge in [0, 0.05) is 5.39 Å². The predicted molar refractivity (Wildman–Crippen MR) is 68.3 cm³/mol. The Morgan fingerprint density at radius 3 is 2.44 bits per heavy atom. The highest BCUT2D eigenvalue weighted by atomic mass is 32.2. The molecule has 0 saturated carbocycles. The molecule has 2 aromatic rings. The van der Waals surface area contributed by atoms with Gasteiger partial charge in [-0.3, -0.25) is 4.79 Å². The first-order valence-electron chi connectivity index (χ1n) is 5.43. The average molecular weight is 264 g/mol. The summed E-state index contributed by atoms with van der Waals surface area (Å²) in [5.41, 5.74) is 0. The monoisotopic (exact) mass is 264 g/mol. The standard InChI is InChI=1S/C13H12O4S/c14-13(15)8-9-18(16,17)12-7-3-5-10-4-1-2-6-11(10)12/h1-7H,8-9H2,(H,14,15). The molecule has 0 amide bonds. The zero-order chi connectivity index (χ0) is 13.2. The molecule has 2 rings (SSSR count). The van der Waals surface area contributed by atoms with Crippen LogP contribution in [0.15, 0.2) is 47.4 Å². The Balaban J connectivity index is 2.50. The zero-order valence-electron chi connectivity index (χ0n) is 9.54. The van der Waals surface area contributed by atoms with Crippen LogP contribution in [0.1, 0.15) is 6.42 Å². The Morgan fingerprint density at radius 2 is 1.72 bits per heavy atom. The van der Waals surface area contributed by atoms with Crippen LogP contribution in [0.4, 0.5) is 0 Å². The van der Waals surface area contributed by atoms with Crippen LogP contribution in [0.5, 0.6) is 0 Å². The lowest BCUT2D eigenvalue weighted by Gasteiger charge is -2.06. The van der Waals surface area contributed by atoms with Crippen molar-refractivity contribution in [3.8, 4) is 0 Å². The Morgan fingerprint density at radius 1 is 1.06 bits per heavy atom. The van der Waals surface area contributed by atoms with E-state index in [1.54, 1.807) is 18.2 Å². The quantitative estimate of drug-likeness (QED) is 0.917. The van der Waals surface area contributed by atoms with Crippen molar-refractivity contribution < 1.29 is 18.3 Å². The number of hydrogen-bond donors (Lipinski definition) is 1. The number of carboxylic acids is 1. The van der Waals surface area contributed by atoms with E-state index in [9.17, 15) is 13.2 Å². The van der Waals surface area contributed by atoms with Crippen LogP contribution in [0, 0.1) is 0 Å². The SMILES string of the molecule is O=C(O)CCS(=O)(=O)c1cccc2ccccc12. The normalized spacial score (nSPS) is 11.6. The highest BCUT2D eigenvalue weighted by Gasteiger charge is 2.18. The van der Waals surface area contributed by atoms with Gasteiger partial charge in [0.25, 0.3) is 0 Å². The molecule has 0 aliphatic heterocycles. The van der Waals surface area contributed by atoms with Crippen LogP contribution < -0.4 is 0 Å². The van der Waals surface area contributed by atoms with Crippen molar-refractivity contribution in [3.05, 3.63) is 42.5 Å². The molecule has 0 saturated heterocycles. The van der Waals surface area contributed by atoms with Crippen LogP contribution in [-0.2, 0) is 14.6 Å². The number of fused-ring (bicyclic) bond motifs is 1. The average Bonchev–Trinajstić information content (AvgIpc) is 2.36. The van der Waals surface area contributed by atoms with Gasteiger partial charge in [-0.25, -0.2) is 8.42 Å². The molecular weight excluding hydrogens is 252 g/mol. The van der Waals surface area contributed by atoms with E-state index in [0.717, 1.165) is 5.39 Å². The van der Waals surface area contributed by atoms with E-state index in [1.807, 2.05) is 18.2 Å². The third kappa shape index (κ3) is 2.51. The minimum Gasteiger partial charge on any atom is -0.481 e. The first-order valence-corrected chi connectivity index (χ1v) is 7.08. The van der Waals surface area contributed by atoms with Gasteiger partial charge < -0.3 is 5.11 Å². The topological polar surface area (TPSA) is 71.4 Å². The van der Waals surface area contributed by atoms with Crippen LogP contribution in [0.3, 0.4) is 0 Å². The molecule has 0 fully saturated rings. The lowest BCUT2D eigenvalue weighted by molar-refractivity contribution is -0.136. The maximum absolute atomic E-state index is 12.1. The first-order chi connectivity index (χ1) is 8.50. The van der Waals surface area contributed by atoms with Gasteiger partial charge in [-0.15, -0.1) is 0 Å². The van der Waals surface area contributed by atoms with Gasteiger partial charge in [-0.05, 0) is 11.5 Å². The summed E-state index contributed by atoms with van der Waals surface area (Å²) in [5.74, 6) is -1.49. The van der Waals surface area contributed by atoms with Gasteiger partial charge in [-0.2, -0.15) is 0 Å². The Bertz CT molecular complexity index is 684. The first kappa shape index (κ1) is 12.6. The molecule has 0 spiro atoms. The highest BCUT2D eigenvalue weighted by molar-refractivity contribution is 7.91. The Kier molecular flexibility index (Phi) is 3.34. The number of rotatable bonds is 4. The lowest BCUT2D eigenvalue weighted by atomic mass is 10.1. The molecule has 2 aromatic carbocycles. The van der Waals surface area contributed by atoms with Gasteiger partial charge in [0.15, 0.2) is 9.84 Å². The summed E-state index contributed by atoms with van der Waals surface area (Å²) in [5, 5.41) is 10.0. The Labute approximate surface area is 105 Å². The number of sulfone groups is 1. The van der Waals surface area contributed by atoms with Crippen molar-refractivity contribution in [1.29, 1.82) is 0 Å². The van der Waals surface area contributed by atoms with Crippen molar-refractivity contribution in [2.75, 3.05) is 5.75 Å². The molecule has 0 aliphatic carbocycles. The molecule has 0 atom stereocenters. The van der Waals surface area contributed by atoms with Crippen molar-refractivity contribution in [2.45, 2.75) is 11.3 Å². The minimum atomic E-state index is -3.56. The smallest absolute Gasteiger partial charge is 0.304 e. The minimum absolute atomic E-state index is 0.196. The van der Waals surface area contributed by atoms with Crippen molar-refractivity contribution in [1.82, 2.24) is 0 Å². The number of benzene rings is 2. The molecular formula is C13H12O4S. The summed E-state index contributed by atoms with van der Waals surface area (Å²) in [6.07, 6.45) is -0.383. The van der Waals surface area contributed by atoms with E-state index in [2.05, 4.69) is 0 Å². The van der Waals surface area contributed by atoms with Crippen molar-refractivity contribution >= 4 is 26.6 Å². The van der Waals surface area contributed by atoms with E-state index in [1.165, 1.54) is 6.07 Å². The van der Waals surface area contributed by atoms with E-state index in [0.29, 0.717) is 5.39 Å². The molecule has 4 nitrogen and oxygen atoms in total. The largest absolute Gasteiger partial charge is 0.481 e. The molecule has 94 valence electrons. The highest BCUT2D eigenvalue weighted by Crippen LogP contribution is 2.23. The summed E-state index contributed by atoms with van der Waals surface area (Å²) in [4.78, 5) is 10.7. The third-order valence-electron chi connectivity index (χ3n) is 2.67. The molecule has 18 heavy (non-hydrogen) atoms. The fourth-order valence-corrected chi connectivity index (χ4v) is 3.27. The maximum atomic E-state index is 12.1.